The number of fused-ring (bicyclic) bond motifs is 1. The average molecular weight is 176 g/mol. The van der Waals surface area contributed by atoms with Crippen molar-refractivity contribution in [2.45, 2.75) is 38.5 Å². The Morgan fingerprint density at radius 3 is 2.46 bits per heavy atom. The van der Waals surface area contributed by atoms with Gasteiger partial charge in [-0.05, 0) is 31.6 Å². The highest BCUT2D eigenvalue weighted by Gasteiger charge is 2.52. The highest BCUT2D eigenvalue weighted by atomic mass is 16.1. The minimum atomic E-state index is 0.123. The van der Waals surface area contributed by atoms with Gasteiger partial charge < -0.3 is 0 Å². The van der Waals surface area contributed by atoms with E-state index in [0.29, 0.717) is 17.6 Å². The molecule has 0 N–H and O–H groups in total. The van der Waals surface area contributed by atoms with Crippen molar-refractivity contribution < 1.29 is 4.79 Å². The van der Waals surface area contributed by atoms with Gasteiger partial charge in [-0.1, -0.05) is 25.0 Å². The second-order valence-corrected chi connectivity index (χ2v) is 4.90. The quantitative estimate of drug-likeness (QED) is 0.519. The fourth-order valence-electron chi connectivity index (χ4n) is 3.67. The number of allylic oxidation sites excluding steroid dienone is 2. The second-order valence-electron chi connectivity index (χ2n) is 4.90. The fourth-order valence-corrected chi connectivity index (χ4v) is 3.67. The summed E-state index contributed by atoms with van der Waals surface area (Å²) >= 11 is 0. The van der Waals surface area contributed by atoms with Crippen LogP contribution in [0.2, 0.25) is 0 Å². The zero-order chi connectivity index (χ0) is 8.89. The first-order chi connectivity index (χ1) is 6.33. The van der Waals surface area contributed by atoms with Crippen molar-refractivity contribution >= 4 is 5.78 Å². The van der Waals surface area contributed by atoms with Crippen LogP contribution in [0, 0.1) is 17.3 Å². The van der Waals surface area contributed by atoms with Gasteiger partial charge in [-0.15, -0.1) is 0 Å². The third-order valence-corrected chi connectivity index (χ3v) is 4.40. The van der Waals surface area contributed by atoms with Crippen molar-refractivity contribution in [3.63, 3.8) is 0 Å². The van der Waals surface area contributed by atoms with Crippen molar-refractivity contribution in [2.24, 2.45) is 17.3 Å². The van der Waals surface area contributed by atoms with Crippen LogP contribution in [0.3, 0.4) is 0 Å². The fraction of sp³-hybridized carbons (Fsp3) is 0.750. The van der Waals surface area contributed by atoms with Crippen molar-refractivity contribution in [1.82, 2.24) is 0 Å². The molecule has 0 aromatic rings. The summed E-state index contributed by atoms with van der Waals surface area (Å²) < 4.78 is 0. The molecule has 0 amide bonds. The number of carbonyl (C=O) groups excluding carboxylic acids is 1. The van der Waals surface area contributed by atoms with Gasteiger partial charge in [0, 0.05) is 11.3 Å². The first-order valence-electron chi connectivity index (χ1n) is 5.56. The van der Waals surface area contributed by atoms with E-state index in [1.807, 2.05) is 0 Å². The third kappa shape index (κ3) is 0.853. The van der Waals surface area contributed by atoms with Crippen LogP contribution in [-0.2, 0) is 4.79 Å². The maximum atomic E-state index is 12.2. The molecule has 2 saturated carbocycles. The lowest BCUT2D eigenvalue weighted by molar-refractivity contribution is -0.138. The minimum absolute atomic E-state index is 0.123. The van der Waals surface area contributed by atoms with Crippen molar-refractivity contribution in [3.05, 3.63) is 12.2 Å². The monoisotopic (exact) mass is 176 g/mol. The van der Waals surface area contributed by atoms with Crippen LogP contribution in [0.5, 0.6) is 0 Å². The summed E-state index contributed by atoms with van der Waals surface area (Å²) in [5, 5.41) is 0. The topological polar surface area (TPSA) is 17.1 Å². The smallest absolute Gasteiger partial charge is 0.146 e. The molecule has 70 valence electrons. The molecule has 0 aromatic heterocycles. The van der Waals surface area contributed by atoms with E-state index in [1.165, 1.54) is 32.1 Å². The molecule has 0 radical (unpaired) electrons. The summed E-state index contributed by atoms with van der Waals surface area (Å²) in [5.74, 6) is 1.49. The van der Waals surface area contributed by atoms with E-state index in [2.05, 4.69) is 12.2 Å². The lowest BCUT2D eigenvalue weighted by Crippen LogP contribution is -2.46. The first kappa shape index (κ1) is 7.78. The largest absolute Gasteiger partial charge is 0.298 e. The van der Waals surface area contributed by atoms with Gasteiger partial charge in [0.25, 0.3) is 0 Å². The van der Waals surface area contributed by atoms with Crippen LogP contribution in [0.4, 0.5) is 0 Å². The Morgan fingerprint density at radius 1 is 1.15 bits per heavy atom. The Bertz CT molecular complexity index is 271. The van der Waals surface area contributed by atoms with E-state index in [9.17, 15) is 4.79 Å². The predicted molar refractivity (Wildman–Crippen MR) is 51.3 cm³/mol. The van der Waals surface area contributed by atoms with Crippen LogP contribution in [0.15, 0.2) is 12.2 Å². The van der Waals surface area contributed by atoms with Gasteiger partial charge in [0.2, 0.25) is 0 Å². The van der Waals surface area contributed by atoms with E-state index < -0.39 is 0 Å². The first-order valence-corrected chi connectivity index (χ1v) is 5.56. The van der Waals surface area contributed by atoms with Gasteiger partial charge >= 0.3 is 0 Å². The minimum Gasteiger partial charge on any atom is -0.298 e. The van der Waals surface area contributed by atoms with Gasteiger partial charge in [-0.3, -0.25) is 4.79 Å². The maximum absolute atomic E-state index is 12.2. The highest BCUT2D eigenvalue weighted by molar-refractivity contribution is 5.91. The van der Waals surface area contributed by atoms with Crippen LogP contribution in [0.1, 0.15) is 38.5 Å². The SMILES string of the molecule is O=C1C2C=CC(CC2)C12CCCC2. The molecule has 4 aliphatic carbocycles. The number of hydrogen-bond donors (Lipinski definition) is 0. The number of hydrogen-bond acceptors (Lipinski definition) is 1. The number of carbonyl (C=O) groups is 1. The van der Waals surface area contributed by atoms with Gasteiger partial charge in [0.1, 0.15) is 5.78 Å². The van der Waals surface area contributed by atoms with Crippen LogP contribution < -0.4 is 0 Å². The van der Waals surface area contributed by atoms with E-state index in [-0.39, 0.29) is 5.41 Å². The highest BCUT2D eigenvalue weighted by Crippen LogP contribution is 2.54. The Hall–Kier alpha value is -0.590. The zero-order valence-electron chi connectivity index (χ0n) is 7.96. The Kier molecular flexibility index (Phi) is 1.47. The standard InChI is InChI=1S/C12H16O/c13-11-9-3-5-10(6-4-9)12(11)7-1-2-8-12/h3,5,9-10H,1-2,4,6-8H2. The molecule has 2 atom stereocenters. The molecule has 2 fully saturated rings. The van der Waals surface area contributed by atoms with Crippen LogP contribution >= 0.6 is 0 Å². The summed E-state index contributed by atoms with van der Waals surface area (Å²) in [6.45, 7) is 0. The second kappa shape index (κ2) is 2.46. The summed E-state index contributed by atoms with van der Waals surface area (Å²) in [6, 6.07) is 0. The molecule has 1 spiro atoms. The molecule has 13 heavy (non-hydrogen) atoms. The lowest BCUT2D eigenvalue weighted by atomic mass is 9.57. The number of rotatable bonds is 0. The average Bonchev–Trinajstić information content (AvgIpc) is 2.64. The van der Waals surface area contributed by atoms with Crippen molar-refractivity contribution in [2.75, 3.05) is 0 Å². The molecule has 4 aliphatic rings. The summed E-state index contributed by atoms with van der Waals surface area (Å²) in [4.78, 5) is 12.2. The molecule has 1 nitrogen and oxygen atoms in total. The molecule has 2 unspecified atom stereocenters. The Balaban J connectivity index is 2.04. The molecular formula is C12H16O. The van der Waals surface area contributed by atoms with Gasteiger partial charge in [-0.2, -0.15) is 0 Å². The Morgan fingerprint density at radius 2 is 1.92 bits per heavy atom. The molecule has 2 bridgehead atoms. The van der Waals surface area contributed by atoms with Crippen molar-refractivity contribution in [3.8, 4) is 0 Å². The normalized spacial score (nSPS) is 40.5. The van der Waals surface area contributed by atoms with E-state index in [1.54, 1.807) is 0 Å². The molecule has 1 heteroatoms. The van der Waals surface area contributed by atoms with E-state index in [4.69, 9.17) is 0 Å². The molecule has 0 saturated heterocycles. The maximum Gasteiger partial charge on any atom is 0.146 e. The van der Waals surface area contributed by atoms with Crippen molar-refractivity contribution in [1.29, 1.82) is 0 Å². The van der Waals surface area contributed by atoms with Gasteiger partial charge in [0.05, 0.1) is 0 Å². The Labute approximate surface area is 79.2 Å². The summed E-state index contributed by atoms with van der Waals surface area (Å²) in [7, 11) is 0. The molecule has 0 aromatic carbocycles. The van der Waals surface area contributed by atoms with E-state index >= 15 is 0 Å². The zero-order valence-corrected chi connectivity index (χ0v) is 7.96. The summed E-state index contributed by atoms with van der Waals surface area (Å²) in [5.41, 5.74) is 0.123. The van der Waals surface area contributed by atoms with Gasteiger partial charge in [0.15, 0.2) is 0 Å². The van der Waals surface area contributed by atoms with Crippen LogP contribution in [0.25, 0.3) is 0 Å². The van der Waals surface area contributed by atoms with E-state index in [0.717, 1.165) is 6.42 Å². The lowest BCUT2D eigenvalue weighted by Gasteiger charge is -2.45. The molecule has 0 heterocycles. The summed E-state index contributed by atoms with van der Waals surface area (Å²) in [6.07, 6.45) is 11.8. The van der Waals surface area contributed by atoms with Crippen LogP contribution in [-0.4, -0.2) is 5.78 Å². The molecule has 0 aliphatic heterocycles. The predicted octanol–water partition coefficient (Wildman–Crippen LogP) is 2.71. The third-order valence-electron chi connectivity index (χ3n) is 4.40. The molecule has 4 rings (SSSR count). The number of Topliss-reactive ketones (excluding diaryl/α,β-unsaturated/α-hetero) is 1. The van der Waals surface area contributed by atoms with Gasteiger partial charge in [-0.25, -0.2) is 0 Å². The molecular weight excluding hydrogens is 160 g/mol. The number of ketones is 1.